The molecule has 0 radical (unpaired) electrons. The number of ether oxygens (including phenoxy) is 1. The fraction of sp³-hybridized carbons (Fsp3) is 0.412. The van der Waals surface area contributed by atoms with Crippen molar-refractivity contribution in [1.82, 2.24) is 9.88 Å². The van der Waals surface area contributed by atoms with Crippen LogP contribution in [0.25, 0.3) is 10.9 Å². The number of morpholine rings is 1. The molecule has 0 bridgehead atoms. The van der Waals surface area contributed by atoms with Crippen LogP contribution in [-0.4, -0.2) is 48.1 Å². The molecular weight excluding hydrogens is 335 g/mol. The molecule has 3 rings (SSSR count). The van der Waals surface area contributed by atoms with Crippen molar-refractivity contribution in [2.75, 3.05) is 31.6 Å². The third kappa shape index (κ3) is 3.84. The molecule has 2 heterocycles. The number of fused-ring (bicyclic) bond motifs is 1. The van der Waals surface area contributed by atoms with Crippen LogP contribution in [0.5, 0.6) is 0 Å². The summed E-state index contributed by atoms with van der Waals surface area (Å²) in [6, 6.07) is 4.54. The van der Waals surface area contributed by atoms with Crippen molar-refractivity contribution in [2.24, 2.45) is 0 Å². The minimum atomic E-state index is -4.42. The zero-order chi connectivity index (χ0) is 18.0. The minimum Gasteiger partial charge on any atom is -0.378 e. The number of anilines is 1. The van der Waals surface area contributed by atoms with E-state index in [1.807, 2.05) is 0 Å². The highest BCUT2D eigenvalue weighted by Crippen LogP contribution is 2.32. The average Bonchev–Trinajstić information content (AvgIpc) is 2.61. The van der Waals surface area contributed by atoms with Crippen molar-refractivity contribution < 1.29 is 22.7 Å². The predicted octanol–water partition coefficient (Wildman–Crippen LogP) is 2.91. The van der Waals surface area contributed by atoms with Crippen LogP contribution in [0, 0.1) is 0 Å². The highest BCUT2D eigenvalue weighted by atomic mass is 19.4. The van der Waals surface area contributed by atoms with Crippen LogP contribution in [0.1, 0.15) is 12.5 Å². The first-order valence-corrected chi connectivity index (χ1v) is 7.95. The summed E-state index contributed by atoms with van der Waals surface area (Å²) in [6.45, 7) is 3.83. The van der Waals surface area contributed by atoms with Crippen molar-refractivity contribution in [3.8, 4) is 0 Å². The Morgan fingerprint density at radius 3 is 2.68 bits per heavy atom. The molecule has 1 aromatic heterocycles. The largest absolute Gasteiger partial charge is 0.416 e. The zero-order valence-corrected chi connectivity index (χ0v) is 13.6. The smallest absolute Gasteiger partial charge is 0.378 e. The van der Waals surface area contributed by atoms with Gasteiger partial charge in [-0.25, -0.2) is 0 Å². The Hall–Kier alpha value is -2.35. The fourth-order valence-electron chi connectivity index (χ4n) is 2.80. The van der Waals surface area contributed by atoms with Crippen LogP contribution in [0.15, 0.2) is 30.5 Å². The van der Waals surface area contributed by atoms with Gasteiger partial charge in [0.25, 0.3) is 0 Å². The standard InChI is InChI=1S/C17H18F3N3O2/c1-11(16(24)23-6-8-25-9-7-23)22-14-4-5-21-15-10-12(17(18,19)20)2-3-13(14)15/h2-5,10-11H,6-9H2,1H3,(H,21,22). The number of hydrogen-bond acceptors (Lipinski definition) is 4. The molecule has 134 valence electrons. The van der Waals surface area contributed by atoms with E-state index in [1.165, 1.54) is 12.3 Å². The number of pyridine rings is 1. The van der Waals surface area contributed by atoms with Crippen LogP contribution < -0.4 is 5.32 Å². The topological polar surface area (TPSA) is 54.5 Å². The number of rotatable bonds is 3. The molecule has 0 aliphatic carbocycles. The first kappa shape index (κ1) is 17.5. The second-order valence-corrected chi connectivity index (χ2v) is 5.89. The Morgan fingerprint density at radius 1 is 1.28 bits per heavy atom. The van der Waals surface area contributed by atoms with Gasteiger partial charge in [0.05, 0.1) is 24.3 Å². The minimum absolute atomic E-state index is 0.0693. The monoisotopic (exact) mass is 353 g/mol. The van der Waals surface area contributed by atoms with E-state index in [2.05, 4.69) is 10.3 Å². The average molecular weight is 353 g/mol. The molecule has 1 fully saturated rings. The summed E-state index contributed by atoms with van der Waals surface area (Å²) < 4.78 is 43.7. The number of benzene rings is 1. The second-order valence-electron chi connectivity index (χ2n) is 5.89. The van der Waals surface area contributed by atoms with Crippen molar-refractivity contribution >= 4 is 22.5 Å². The lowest BCUT2D eigenvalue weighted by molar-refractivity contribution is -0.137. The lowest BCUT2D eigenvalue weighted by atomic mass is 10.1. The fourth-order valence-corrected chi connectivity index (χ4v) is 2.80. The van der Waals surface area contributed by atoms with Gasteiger partial charge < -0.3 is 15.0 Å². The Morgan fingerprint density at radius 2 is 2.00 bits per heavy atom. The van der Waals surface area contributed by atoms with Crippen LogP contribution in [0.2, 0.25) is 0 Å². The summed E-state index contributed by atoms with van der Waals surface area (Å²) in [5.41, 5.74) is 0.0563. The van der Waals surface area contributed by atoms with Crippen LogP contribution >= 0.6 is 0 Å². The summed E-state index contributed by atoms with van der Waals surface area (Å²) in [5, 5.41) is 3.63. The quantitative estimate of drug-likeness (QED) is 0.922. The summed E-state index contributed by atoms with van der Waals surface area (Å²) in [4.78, 5) is 18.2. The van der Waals surface area contributed by atoms with Gasteiger partial charge in [0, 0.05) is 30.4 Å². The molecule has 2 aromatic rings. The Balaban J connectivity index is 1.82. The van der Waals surface area contributed by atoms with E-state index in [0.717, 1.165) is 12.1 Å². The lowest BCUT2D eigenvalue weighted by Crippen LogP contribution is -2.47. The van der Waals surface area contributed by atoms with Crippen molar-refractivity contribution in [3.63, 3.8) is 0 Å². The maximum absolute atomic E-state index is 12.8. The molecule has 1 atom stereocenters. The van der Waals surface area contributed by atoms with Gasteiger partial charge in [-0.05, 0) is 25.1 Å². The number of carbonyl (C=O) groups is 1. The number of nitrogens with one attached hydrogen (secondary N) is 1. The molecule has 5 nitrogen and oxygen atoms in total. The van der Waals surface area contributed by atoms with Crippen molar-refractivity contribution in [1.29, 1.82) is 0 Å². The predicted molar refractivity (Wildman–Crippen MR) is 87.2 cm³/mol. The SMILES string of the molecule is CC(Nc1ccnc2cc(C(F)(F)F)ccc12)C(=O)N1CCOCC1. The number of nitrogens with zero attached hydrogens (tertiary/aromatic N) is 2. The molecule has 8 heteroatoms. The number of halogens is 3. The zero-order valence-electron chi connectivity index (χ0n) is 13.6. The molecule has 1 unspecified atom stereocenters. The molecule has 1 aromatic carbocycles. The van der Waals surface area contributed by atoms with Crippen LogP contribution in [0.4, 0.5) is 18.9 Å². The van der Waals surface area contributed by atoms with E-state index >= 15 is 0 Å². The van der Waals surface area contributed by atoms with Gasteiger partial charge in [0.1, 0.15) is 6.04 Å². The van der Waals surface area contributed by atoms with E-state index in [4.69, 9.17) is 4.74 Å². The maximum Gasteiger partial charge on any atom is 0.416 e. The van der Waals surface area contributed by atoms with Gasteiger partial charge in [-0.1, -0.05) is 6.07 Å². The van der Waals surface area contributed by atoms with Gasteiger partial charge in [0.2, 0.25) is 5.91 Å². The van der Waals surface area contributed by atoms with E-state index < -0.39 is 17.8 Å². The molecule has 1 aliphatic heterocycles. The third-order valence-electron chi connectivity index (χ3n) is 4.14. The molecule has 0 saturated carbocycles. The summed E-state index contributed by atoms with van der Waals surface area (Å²) >= 11 is 0. The van der Waals surface area contributed by atoms with Gasteiger partial charge >= 0.3 is 6.18 Å². The van der Waals surface area contributed by atoms with E-state index in [-0.39, 0.29) is 11.4 Å². The first-order valence-electron chi connectivity index (χ1n) is 7.95. The highest BCUT2D eigenvalue weighted by Gasteiger charge is 2.31. The van der Waals surface area contributed by atoms with Crippen LogP contribution in [-0.2, 0) is 15.7 Å². The van der Waals surface area contributed by atoms with Crippen molar-refractivity contribution in [3.05, 3.63) is 36.0 Å². The highest BCUT2D eigenvalue weighted by molar-refractivity contribution is 5.94. The van der Waals surface area contributed by atoms with Gasteiger partial charge in [-0.15, -0.1) is 0 Å². The van der Waals surface area contributed by atoms with E-state index in [0.29, 0.717) is 37.4 Å². The molecule has 25 heavy (non-hydrogen) atoms. The van der Waals surface area contributed by atoms with Crippen LogP contribution in [0.3, 0.4) is 0 Å². The van der Waals surface area contributed by atoms with Gasteiger partial charge in [-0.2, -0.15) is 13.2 Å². The maximum atomic E-state index is 12.8. The molecule has 0 spiro atoms. The van der Waals surface area contributed by atoms with Gasteiger partial charge in [0.15, 0.2) is 0 Å². The second kappa shape index (κ2) is 6.87. The normalized spacial score (nSPS) is 16.7. The van der Waals surface area contributed by atoms with E-state index in [9.17, 15) is 18.0 Å². The summed E-state index contributed by atoms with van der Waals surface area (Å²) in [6.07, 6.45) is -2.99. The van der Waals surface area contributed by atoms with Crippen molar-refractivity contribution in [2.45, 2.75) is 19.1 Å². The number of hydrogen-bond donors (Lipinski definition) is 1. The number of alkyl halides is 3. The third-order valence-corrected chi connectivity index (χ3v) is 4.14. The van der Waals surface area contributed by atoms with E-state index in [1.54, 1.807) is 17.9 Å². The number of aromatic nitrogens is 1. The first-order chi connectivity index (χ1) is 11.9. The molecule has 1 amide bonds. The molecule has 1 saturated heterocycles. The number of carbonyl (C=O) groups excluding carboxylic acids is 1. The molecular formula is C17H18F3N3O2. The summed E-state index contributed by atoms with van der Waals surface area (Å²) in [7, 11) is 0. The lowest BCUT2D eigenvalue weighted by Gasteiger charge is -2.30. The molecule has 1 aliphatic rings. The Bertz CT molecular complexity index is 773. The number of amides is 1. The summed E-state index contributed by atoms with van der Waals surface area (Å²) in [5.74, 6) is -0.0693. The molecule has 1 N–H and O–H groups in total. The Kier molecular flexibility index (Phi) is 4.80. The Labute approximate surface area is 142 Å². The van der Waals surface area contributed by atoms with Gasteiger partial charge in [-0.3, -0.25) is 9.78 Å².